The van der Waals surface area contributed by atoms with Crippen molar-refractivity contribution in [3.05, 3.63) is 40.8 Å². The van der Waals surface area contributed by atoms with E-state index in [4.69, 9.17) is 0 Å². The largest absolute Gasteiger partial charge is 0.507 e. The van der Waals surface area contributed by atoms with Crippen LogP contribution in [0.4, 0.5) is 0 Å². The average molecular weight is 346 g/mol. The molecule has 1 heterocycles. The van der Waals surface area contributed by atoms with Gasteiger partial charge in [0, 0.05) is 11.1 Å². The highest BCUT2D eigenvalue weighted by molar-refractivity contribution is 7.80. The highest BCUT2D eigenvalue weighted by Crippen LogP contribution is 2.39. The maximum Gasteiger partial charge on any atom is 0.128 e. The van der Waals surface area contributed by atoms with Gasteiger partial charge in [0.1, 0.15) is 16.6 Å². The highest BCUT2D eigenvalue weighted by atomic mass is 32.1. The van der Waals surface area contributed by atoms with Crippen LogP contribution < -0.4 is 0 Å². The van der Waals surface area contributed by atoms with Gasteiger partial charge < -0.3 is 5.11 Å². The topological polar surface area (TPSA) is 50.4 Å². The number of hydrogen-bond acceptors (Lipinski definition) is 4. The lowest BCUT2D eigenvalue weighted by atomic mass is 9.78. The maximum atomic E-state index is 10.7. The number of thiol groups is 1. The smallest absolute Gasteiger partial charge is 0.128 e. The van der Waals surface area contributed by atoms with Crippen molar-refractivity contribution in [3.8, 4) is 5.75 Å². The molecule has 1 aromatic carbocycles. The molecule has 0 atom stereocenters. The Balaban J connectivity index is 2.56. The first-order valence-electron chi connectivity index (χ1n) is 8.07. The second kappa shape index (κ2) is 6.28. The molecule has 4 nitrogen and oxygen atoms in total. The van der Waals surface area contributed by atoms with Crippen LogP contribution in [0.15, 0.2) is 28.5 Å². The Morgan fingerprint density at radius 3 is 1.96 bits per heavy atom. The van der Waals surface area contributed by atoms with Crippen molar-refractivity contribution in [3.63, 3.8) is 0 Å². The van der Waals surface area contributed by atoms with Gasteiger partial charge in [-0.3, -0.25) is 0 Å². The molecule has 0 aliphatic heterocycles. The van der Waals surface area contributed by atoms with Crippen molar-refractivity contribution >= 4 is 18.8 Å². The van der Waals surface area contributed by atoms with Crippen LogP contribution in [0.3, 0.4) is 0 Å². The van der Waals surface area contributed by atoms with Gasteiger partial charge in [0.05, 0.1) is 12.4 Å². The zero-order valence-corrected chi connectivity index (χ0v) is 16.4. The SMILES string of the molecule is Cc1nc(S)cn1/N=C/c1cc(C(C)(C)C)c(O)c(C(C)(C)C)c1. The van der Waals surface area contributed by atoms with E-state index in [1.807, 2.05) is 19.1 Å². The Labute approximate surface area is 150 Å². The van der Waals surface area contributed by atoms with E-state index in [0.29, 0.717) is 10.8 Å². The molecule has 0 aliphatic carbocycles. The van der Waals surface area contributed by atoms with E-state index in [0.717, 1.165) is 22.5 Å². The van der Waals surface area contributed by atoms with E-state index in [2.05, 4.69) is 64.3 Å². The van der Waals surface area contributed by atoms with Crippen molar-refractivity contribution in [1.82, 2.24) is 9.66 Å². The summed E-state index contributed by atoms with van der Waals surface area (Å²) in [4.78, 5) is 4.22. The van der Waals surface area contributed by atoms with E-state index in [-0.39, 0.29) is 10.8 Å². The molecule has 0 radical (unpaired) electrons. The first-order valence-corrected chi connectivity index (χ1v) is 8.51. The second-order valence-corrected chi connectivity index (χ2v) is 8.66. The molecule has 1 aromatic heterocycles. The van der Waals surface area contributed by atoms with Crippen LogP contribution in [0.5, 0.6) is 5.75 Å². The fourth-order valence-corrected chi connectivity index (χ4v) is 2.82. The number of phenolic OH excluding ortho intramolecular Hbond substituents is 1. The normalized spacial score (nSPS) is 13.0. The molecule has 2 rings (SSSR count). The Bertz CT molecular complexity index is 742. The molecule has 0 aliphatic rings. The third kappa shape index (κ3) is 4.01. The predicted molar refractivity (Wildman–Crippen MR) is 103 cm³/mol. The monoisotopic (exact) mass is 345 g/mol. The van der Waals surface area contributed by atoms with Crippen LogP contribution in [0.2, 0.25) is 0 Å². The lowest BCUT2D eigenvalue weighted by molar-refractivity contribution is 0.423. The van der Waals surface area contributed by atoms with Gasteiger partial charge in [-0.05, 0) is 35.4 Å². The fraction of sp³-hybridized carbons (Fsp3) is 0.474. The van der Waals surface area contributed by atoms with Gasteiger partial charge in [-0.1, -0.05) is 41.5 Å². The molecule has 0 bridgehead atoms. The number of aromatic hydroxyl groups is 1. The minimum atomic E-state index is -0.156. The van der Waals surface area contributed by atoms with Gasteiger partial charge in [-0.2, -0.15) is 5.10 Å². The molecule has 2 aromatic rings. The summed E-state index contributed by atoms with van der Waals surface area (Å²) in [6.45, 7) is 14.5. The lowest BCUT2D eigenvalue weighted by Crippen LogP contribution is -2.18. The first kappa shape index (κ1) is 18.6. The quantitative estimate of drug-likeness (QED) is 0.614. The summed E-state index contributed by atoms with van der Waals surface area (Å²) in [5, 5.41) is 15.9. The third-order valence-corrected chi connectivity index (χ3v) is 4.14. The second-order valence-electron chi connectivity index (χ2n) is 8.20. The van der Waals surface area contributed by atoms with Crippen LogP contribution in [-0.4, -0.2) is 21.0 Å². The molecule has 0 amide bonds. The minimum Gasteiger partial charge on any atom is -0.507 e. The first-order chi connectivity index (χ1) is 10.9. The number of hydrogen-bond donors (Lipinski definition) is 2. The summed E-state index contributed by atoms with van der Waals surface area (Å²) in [6.07, 6.45) is 3.57. The summed E-state index contributed by atoms with van der Waals surface area (Å²) in [7, 11) is 0. The van der Waals surface area contributed by atoms with E-state index in [1.54, 1.807) is 17.1 Å². The fourth-order valence-electron chi connectivity index (χ4n) is 2.57. The van der Waals surface area contributed by atoms with Crippen LogP contribution >= 0.6 is 12.6 Å². The van der Waals surface area contributed by atoms with Crippen molar-refractivity contribution in [1.29, 1.82) is 0 Å². The van der Waals surface area contributed by atoms with Crippen LogP contribution in [0.1, 0.15) is 64.1 Å². The molecule has 1 N–H and O–H groups in total. The third-order valence-electron chi connectivity index (χ3n) is 3.93. The molecule has 0 saturated heterocycles. The number of rotatable bonds is 2. The molecular formula is C19H27N3OS. The Kier molecular flexibility index (Phi) is 4.86. The van der Waals surface area contributed by atoms with Gasteiger partial charge >= 0.3 is 0 Å². The van der Waals surface area contributed by atoms with Gasteiger partial charge in [0.2, 0.25) is 0 Å². The minimum absolute atomic E-state index is 0.156. The molecule has 0 fully saturated rings. The predicted octanol–water partition coefficient (Wildman–Crippen LogP) is 4.66. The molecular weight excluding hydrogens is 318 g/mol. The van der Waals surface area contributed by atoms with Crippen molar-refractivity contribution < 1.29 is 5.11 Å². The molecule has 0 saturated carbocycles. The van der Waals surface area contributed by atoms with E-state index in [9.17, 15) is 5.11 Å². The van der Waals surface area contributed by atoms with Crippen LogP contribution in [-0.2, 0) is 10.8 Å². The Morgan fingerprint density at radius 2 is 1.58 bits per heavy atom. The molecule has 0 spiro atoms. The van der Waals surface area contributed by atoms with E-state index in [1.165, 1.54) is 0 Å². The van der Waals surface area contributed by atoms with Crippen LogP contribution in [0.25, 0.3) is 0 Å². The number of aromatic nitrogens is 2. The summed E-state index contributed by atoms with van der Waals surface area (Å²) >= 11 is 4.24. The van der Waals surface area contributed by atoms with Gasteiger partial charge in [-0.15, -0.1) is 12.6 Å². The summed E-state index contributed by atoms with van der Waals surface area (Å²) in [5.41, 5.74) is 2.49. The highest BCUT2D eigenvalue weighted by Gasteiger charge is 2.26. The number of benzene rings is 1. The van der Waals surface area contributed by atoms with E-state index >= 15 is 0 Å². The zero-order valence-electron chi connectivity index (χ0n) is 15.5. The molecule has 5 heteroatoms. The van der Waals surface area contributed by atoms with E-state index < -0.39 is 0 Å². The van der Waals surface area contributed by atoms with Crippen molar-refractivity contribution in [2.24, 2.45) is 5.10 Å². The van der Waals surface area contributed by atoms with Gasteiger partial charge in [0.25, 0.3) is 0 Å². The summed E-state index contributed by atoms with van der Waals surface area (Å²) in [5.74, 6) is 1.16. The summed E-state index contributed by atoms with van der Waals surface area (Å²) < 4.78 is 1.70. The Morgan fingerprint density at radius 1 is 1.08 bits per heavy atom. The van der Waals surface area contributed by atoms with Gasteiger partial charge in [-0.25, -0.2) is 9.66 Å². The van der Waals surface area contributed by atoms with Crippen molar-refractivity contribution in [2.45, 2.75) is 64.3 Å². The number of phenols is 1. The number of aryl methyl sites for hydroxylation is 1. The van der Waals surface area contributed by atoms with Crippen LogP contribution in [0, 0.1) is 6.92 Å². The molecule has 130 valence electrons. The molecule has 0 unspecified atom stereocenters. The summed E-state index contributed by atoms with van der Waals surface area (Å²) in [6, 6.07) is 4.00. The number of nitrogens with zero attached hydrogens (tertiary/aromatic N) is 3. The number of imidazole rings is 1. The molecule has 24 heavy (non-hydrogen) atoms. The van der Waals surface area contributed by atoms with Crippen molar-refractivity contribution in [2.75, 3.05) is 0 Å². The van der Waals surface area contributed by atoms with Gasteiger partial charge in [0.15, 0.2) is 0 Å². The maximum absolute atomic E-state index is 10.7. The lowest BCUT2D eigenvalue weighted by Gasteiger charge is -2.27. The standard InChI is InChI=1S/C19H27N3OS/c1-12-21-16(24)11-22(12)20-10-13-8-14(18(2,3)4)17(23)15(9-13)19(5,6)7/h8-11,23-24H,1-7H3/b20-10+. The zero-order chi connectivity index (χ0) is 18.3. The average Bonchev–Trinajstić information content (AvgIpc) is 2.73. The Hall–Kier alpha value is -1.75.